The minimum atomic E-state index is 0.476. The van der Waals surface area contributed by atoms with Crippen LogP contribution in [0.2, 0.25) is 0 Å². The molecule has 0 aromatic carbocycles. The SMILES string of the molecule is CC(C)N(C)c1ccc(CN2CCC(CN)CC2)cn1. The number of hydrogen-bond acceptors (Lipinski definition) is 4. The van der Waals surface area contributed by atoms with Gasteiger partial charge < -0.3 is 10.6 Å². The molecule has 1 aliphatic heterocycles. The van der Waals surface area contributed by atoms with E-state index in [1.54, 1.807) is 0 Å². The molecule has 0 atom stereocenters. The first kappa shape index (κ1) is 15.3. The van der Waals surface area contributed by atoms with Gasteiger partial charge in [-0.15, -0.1) is 0 Å². The average Bonchev–Trinajstić information content (AvgIpc) is 2.48. The van der Waals surface area contributed by atoms with E-state index in [-0.39, 0.29) is 0 Å². The number of aromatic nitrogens is 1. The maximum atomic E-state index is 5.74. The fourth-order valence-electron chi connectivity index (χ4n) is 2.62. The predicted octanol–water partition coefficient (Wildman–Crippen LogP) is 2.10. The molecular weight excluding hydrogens is 248 g/mol. The summed E-state index contributed by atoms with van der Waals surface area (Å²) in [6.07, 6.45) is 4.49. The van der Waals surface area contributed by atoms with Crippen LogP contribution in [0.5, 0.6) is 0 Å². The standard InChI is InChI=1S/C16H28N4/c1-13(2)19(3)16-5-4-15(11-18-16)12-20-8-6-14(10-17)7-9-20/h4-5,11,13-14H,6-10,12,17H2,1-3H3. The first-order chi connectivity index (χ1) is 9.60. The quantitative estimate of drug-likeness (QED) is 0.894. The molecule has 0 spiro atoms. The van der Waals surface area contributed by atoms with Crippen LogP contribution in [0.1, 0.15) is 32.3 Å². The Morgan fingerprint density at radius 1 is 1.35 bits per heavy atom. The Kier molecular flexibility index (Phi) is 5.38. The summed E-state index contributed by atoms with van der Waals surface area (Å²) in [5, 5.41) is 0. The zero-order chi connectivity index (χ0) is 14.5. The van der Waals surface area contributed by atoms with Gasteiger partial charge in [0.2, 0.25) is 0 Å². The van der Waals surface area contributed by atoms with Crippen LogP contribution in [-0.4, -0.2) is 42.6 Å². The second-order valence-electron chi connectivity index (χ2n) is 6.18. The van der Waals surface area contributed by atoms with E-state index < -0.39 is 0 Å². The zero-order valence-electron chi connectivity index (χ0n) is 13.0. The van der Waals surface area contributed by atoms with Gasteiger partial charge in [0, 0.05) is 25.8 Å². The highest BCUT2D eigenvalue weighted by Crippen LogP contribution is 2.19. The van der Waals surface area contributed by atoms with Crippen LogP contribution in [0.15, 0.2) is 18.3 Å². The largest absolute Gasteiger partial charge is 0.357 e. The highest BCUT2D eigenvalue weighted by atomic mass is 15.2. The molecule has 1 aromatic rings. The molecular formula is C16H28N4. The van der Waals surface area contributed by atoms with Gasteiger partial charge in [0.15, 0.2) is 0 Å². The average molecular weight is 276 g/mol. The highest BCUT2D eigenvalue weighted by Gasteiger charge is 2.18. The molecule has 0 radical (unpaired) electrons. The van der Waals surface area contributed by atoms with Crippen molar-refractivity contribution in [2.24, 2.45) is 11.7 Å². The maximum absolute atomic E-state index is 5.74. The molecule has 4 heteroatoms. The van der Waals surface area contributed by atoms with E-state index >= 15 is 0 Å². The fourth-order valence-corrected chi connectivity index (χ4v) is 2.62. The number of nitrogens with zero attached hydrogens (tertiary/aromatic N) is 3. The van der Waals surface area contributed by atoms with Gasteiger partial charge in [0.1, 0.15) is 5.82 Å². The van der Waals surface area contributed by atoms with E-state index in [1.165, 1.54) is 18.4 Å². The molecule has 20 heavy (non-hydrogen) atoms. The Labute approximate surface area is 123 Å². The Bertz CT molecular complexity index is 393. The van der Waals surface area contributed by atoms with Crippen molar-refractivity contribution >= 4 is 5.82 Å². The van der Waals surface area contributed by atoms with Gasteiger partial charge in [-0.3, -0.25) is 4.90 Å². The third-order valence-electron chi connectivity index (χ3n) is 4.39. The Morgan fingerprint density at radius 2 is 2.05 bits per heavy atom. The summed E-state index contributed by atoms with van der Waals surface area (Å²) < 4.78 is 0. The van der Waals surface area contributed by atoms with Crippen LogP contribution >= 0.6 is 0 Å². The lowest BCUT2D eigenvalue weighted by molar-refractivity contribution is 0.180. The summed E-state index contributed by atoms with van der Waals surface area (Å²) in [5.41, 5.74) is 7.04. The van der Waals surface area contributed by atoms with Crippen molar-refractivity contribution < 1.29 is 0 Å². The van der Waals surface area contributed by atoms with E-state index in [4.69, 9.17) is 5.73 Å². The lowest BCUT2D eigenvalue weighted by atomic mass is 9.97. The van der Waals surface area contributed by atoms with Crippen molar-refractivity contribution in [3.63, 3.8) is 0 Å². The van der Waals surface area contributed by atoms with Crippen LogP contribution in [-0.2, 0) is 6.54 Å². The molecule has 0 unspecified atom stereocenters. The summed E-state index contributed by atoms with van der Waals surface area (Å²) >= 11 is 0. The van der Waals surface area contributed by atoms with Gasteiger partial charge in [-0.25, -0.2) is 4.98 Å². The van der Waals surface area contributed by atoms with Crippen LogP contribution < -0.4 is 10.6 Å². The topological polar surface area (TPSA) is 45.4 Å². The molecule has 0 bridgehead atoms. The lowest BCUT2D eigenvalue weighted by Crippen LogP contribution is -2.35. The van der Waals surface area contributed by atoms with Crippen LogP contribution in [0.4, 0.5) is 5.82 Å². The van der Waals surface area contributed by atoms with Crippen molar-refractivity contribution in [1.82, 2.24) is 9.88 Å². The van der Waals surface area contributed by atoms with Gasteiger partial charge in [-0.1, -0.05) is 6.07 Å². The summed E-state index contributed by atoms with van der Waals surface area (Å²) in [5.74, 6) is 1.78. The smallest absolute Gasteiger partial charge is 0.128 e. The normalized spacial score (nSPS) is 17.6. The molecule has 2 N–H and O–H groups in total. The number of anilines is 1. The molecule has 4 nitrogen and oxygen atoms in total. The highest BCUT2D eigenvalue weighted by molar-refractivity contribution is 5.39. The minimum absolute atomic E-state index is 0.476. The molecule has 0 aliphatic carbocycles. The number of rotatable bonds is 5. The molecule has 1 aliphatic rings. The van der Waals surface area contributed by atoms with Gasteiger partial charge >= 0.3 is 0 Å². The Morgan fingerprint density at radius 3 is 2.55 bits per heavy atom. The van der Waals surface area contributed by atoms with Crippen LogP contribution in [0.25, 0.3) is 0 Å². The van der Waals surface area contributed by atoms with Crippen molar-refractivity contribution in [2.75, 3.05) is 31.6 Å². The van der Waals surface area contributed by atoms with Crippen LogP contribution in [0, 0.1) is 5.92 Å². The van der Waals surface area contributed by atoms with E-state index in [2.05, 4.69) is 47.8 Å². The second-order valence-corrected chi connectivity index (χ2v) is 6.18. The van der Waals surface area contributed by atoms with E-state index in [9.17, 15) is 0 Å². The molecule has 1 fully saturated rings. The first-order valence-electron chi connectivity index (χ1n) is 7.70. The van der Waals surface area contributed by atoms with Gasteiger partial charge in [-0.2, -0.15) is 0 Å². The second kappa shape index (κ2) is 7.04. The molecule has 1 aromatic heterocycles. The molecule has 112 valence electrons. The summed E-state index contributed by atoms with van der Waals surface area (Å²) in [6, 6.07) is 4.81. The minimum Gasteiger partial charge on any atom is -0.357 e. The van der Waals surface area contributed by atoms with E-state index in [0.717, 1.165) is 37.9 Å². The number of likely N-dealkylation sites (tertiary alicyclic amines) is 1. The van der Waals surface area contributed by atoms with Gasteiger partial charge in [-0.05, 0) is 63.9 Å². The van der Waals surface area contributed by atoms with Crippen molar-refractivity contribution in [3.05, 3.63) is 23.9 Å². The summed E-state index contributed by atoms with van der Waals surface area (Å²) in [4.78, 5) is 9.28. The van der Waals surface area contributed by atoms with Crippen LogP contribution in [0.3, 0.4) is 0 Å². The van der Waals surface area contributed by atoms with Gasteiger partial charge in [0.25, 0.3) is 0 Å². The number of hydrogen-bond donors (Lipinski definition) is 1. The molecule has 0 saturated carbocycles. The number of nitrogens with two attached hydrogens (primary N) is 1. The third-order valence-corrected chi connectivity index (χ3v) is 4.39. The third kappa shape index (κ3) is 3.93. The van der Waals surface area contributed by atoms with Crippen molar-refractivity contribution in [1.29, 1.82) is 0 Å². The predicted molar refractivity (Wildman–Crippen MR) is 84.8 cm³/mol. The Hall–Kier alpha value is -1.13. The van der Waals surface area contributed by atoms with Crippen molar-refractivity contribution in [3.8, 4) is 0 Å². The van der Waals surface area contributed by atoms with Crippen molar-refractivity contribution in [2.45, 2.75) is 39.3 Å². The maximum Gasteiger partial charge on any atom is 0.128 e. The molecule has 0 amide bonds. The van der Waals surface area contributed by atoms with E-state index in [1.807, 2.05) is 6.20 Å². The summed E-state index contributed by atoms with van der Waals surface area (Å²) in [6.45, 7) is 8.53. The van der Waals surface area contributed by atoms with Gasteiger partial charge in [0.05, 0.1) is 0 Å². The number of pyridine rings is 1. The Balaban J connectivity index is 1.88. The zero-order valence-corrected chi connectivity index (χ0v) is 13.0. The summed E-state index contributed by atoms with van der Waals surface area (Å²) in [7, 11) is 2.09. The lowest BCUT2D eigenvalue weighted by Gasteiger charge is -2.31. The molecule has 1 saturated heterocycles. The fraction of sp³-hybridized carbons (Fsp3) is 0.688. The van der Waals surface area contributed by atoms with E-state index in [0.29, 0.717) is 6.04 Å². The molecule has 2 heterocycles. The number of piperidine rings is 1. The first-order valence-corrected chi connectivity index (χ1v) is 7.70. The molecule has 2 rings (SSSR count). The monoisotopic (exact) mass is 276 g/mol.